The first-order chi connectivity index (χ1) is 9.70. The summed E-state index contributed by atoms with van der Waals surface area (Å²) in [5.41, 5.74) is 2.81. The molecule has 1 aromatic heterocycles. The van der Waals surface area contributed by atoms with Crippen LogP contribution in [-0.4, -0.2) is 27.6 Å². The highest BCUT2D eigenvalue weighted by atomic mass is 16.2. The third-order valence-electron chi connectivity index (χ3n) is 2.61. The molecule has 1 amide bonds. The molecule has 0 aliphatic heterocycles. The van der Waals surface area contributed by atoms with Crippen LogP contribution >= 0.6 is 0 Å². The SMILES string of the molecule is Cc1cc(NC(=O)c2cncnc2)ccc1C#CCO. The van der Waals surface area contributed by atoms with Crippen LogP contribution in [0.3, 0.4) is 0 Å². The molecule has 0 saturated heterocycles. The Morgan fingerprint density at radius 2 is 2.10 bits per heavy atom. The van der Waals surface area contributed by atoms with Crippen LogP contribution < -0.4 is 5.32 Å². The number of rotatable bonds is 2. The number of aromatic nitrogens is 2. The van der Waals surface area contributed by atoms with Gasteiger partial charge in [-0.3, -0.25) is 4.79 Å². The number of aryl methyl sites for hydroxylation is 1. The summed E-state index contributed by atoms with van der Waals surface area (Å²) in [5.74, 6) is 5.17. The number of benzene rings is 1. The molecule has 0 atom stereocenters. The van der Waals surface area contributed by atoms with E-state index in [1.165, 1.54) is 18.7 Å². The average Bonchev–Trinajstić information content (AvgIpc) is 2.47. The Kier molecular flexibility index (Phi) is 4.43. The van der Waals surface area contributed by atoms with Crippen molar-refractivity contribution in [2.24, 2.45) is 0 Å². The second kappa shape index (κ2) is 6.45. The quantitative estimate of drug-likeness (QED) is 0.806. The van der Waals surface area contributed by atoms with E-state index in [9.17, 15) is 4.79 Å². The molecule has 0 fully saturated rings. The molecule has 0 aliphatic carbocycles. The molecular weight excluding hydrogens is 254 g/mol. The topological polar surface area (TPSA) is 75.1 Å². The van der Waals surface area contributed by atoms with Gasteiger partial charge in [-0.2, -0.15) is 0 Å². The van der Waals surface area contributed by atoms with Gasteiger partial charge in [-0.1, -0.05) is 11.8 Å². The van der Waals surface area contributed by atoms with Gasteiger partial charge < -0.3 is 10.4 Å². The van der Waals surface area contributed by atoms with E-state index in [0.29, 0.717) is 11.3 Å². The van der Waals surface area contributed by atoms with E-state index in [4.69, 9.17) is 5.11 Å². The van der Waals surface area contributed by atoms with Crippen molar-refractivity contribution in [3.8, 4) is 11.8 Å². The van der Waals surface area contributed by atoms with Gasteiger partial charge in [0.05, 0.1) is 5.56 Å². The number of hydrogen-bond acceptors (Lipinski definition) is 4. The molecule has 2 rings (SSSR count). The summed E-state index contributed by atoms with van der Waals surface area (Å²) in [7, 11) is 0. The molecule has 5 nitrogen and oxygen atoms in total. The molecule has 0 saturated carbocycles. The van der Waals surface area contributed by atoms with Crippen molar-refractivity contribution in [2.45, 2.75) is 6.92 Å². The average molecular weight is 267 g/mol. The second-order valence-electron chi connectivity index (χ2n) is 4.07. The lowest BCUT2D eigenvalue weighted by Gasteiger charge is -2.06. The smallest absolute Gasteiger partial charge is 0.258 e. The Balaban J connectivity index is 2.15. The van der Waals surface area contributed by atoms with E-state index in [1.807, 2.05) is 13.0 Å². The van der Waals surface area contributed by atoms with Crippen molar-refractivity contribution in [1.29, 1.82) is 0 Å². The Hall–Kier alpha value is -2.71. The molecule has 0 aliphatic rings. The predicted octanol–water partition coefficient (Wildman–Crippen LogP) is 1.38. The number of anilines is 1. The zero-order valence-corrected chi connectivity index (χ0v) is 10.9. The van der Waals surface area contributed by atoms with Gasteiger partial charge in [0.1, 0.15) is 12.9 Å². The van der Waals surface area contributed by atoms with Gasteiger partial charge in [-0.25, -0.2) is 9.97 Å². The molecule has 0 radical (unpaired) electrons. The first-order valence-corrected chi connectivity index (χ1v) is 5.97. The van der Waals surface area contributed by atoms with E-state index in [0.717, 1.165) is 11.1 Å². The van der Waals surface area contributed by atoms with E-state index in [1.54, 1.807) is 12.1 Å². The molecule has 2 aromatic rings. The van der Waals surface area contributed by atoms with Gasteiger partial charge in [-0.05, 0) is 30.7 Å². The van der Waals surface area contributed by atoms with E-state index in [-0.39, 0.29) is 12.5 Å². The van der Waals surface area contributed by atoms with Crippen LogP contribution in [0.1, 0.15) is 21.5 Å². The number of carbonyl (C=O) groups excluding carboxylic acids is 1. The largest absolute Gasteiger partial charge is 0.384 e. The number of nitrogens with zero attached hydrogens (tertiary/aromatic N) is 2. The molecule has 100 valence electrons. The van der Waals surface area contributed by atoms with Crippen molar-refractivity contribution in [1.82, 2.24) is 9.97 Å². The molecule has 0 bridgehead atoms. The number of nitrogens with one attached hydrogen (secondary N) is 1. The molecule has 0 spiro atoms. The Morgan fingerprint density at radius 1 is 1.35 bits per heavy atom. The van der Waals surface area contributed by atoms with Crippen molar-refractivity contribution < 1.29 is 9.90 Å². The summed E-state index contributed by atoms with van der Waals surface area (Å²) >= 11 is 0. The second-order valence-corrected chi connectivity index (χ2v) is 4.07. The van der Waals surface area contributed by atoms with Crippen molar-refractivity contribution in [2.75, 3.05) is 11.9 Å². The molecule has 0 unspecified atom stereocenters. The lowest BCUT2D eigenvalue weighted by Crippen LogP contribution is -2.12. The highest BCUT2D eigenvalue weighted by Gasteiger charge is 2.07. The third kappa shape index (κ3) is 3.40. The number of amides is 1. The fourth-order valence-corrected chi connectivity index (χ4v) is 1.64. The molecule has 1 heterocycles. The summed E-state index contributed by atoms with van der Waals surface area (Å²) in [6.45, 7) is 1.72. The van der Waals surface area contributed by atoms with Crippen LogP contribution in [0.25, 0.3) is 0 Å². The maximum absolute atomic E-state index is 11.9. The normalized spacial score (nSPS) is 9.50. The van der Waals surface area contributed by atoms with Gasteiger partial charge in [0.15, 0.2) is 0 Å². The minimum Gasteiger partial charge on any atom is -0.384 e. The summed E-state index contributed by atoms with van der Waals surface area (Å²) < 4.78 is 0. The zero-order valence-electron chi connectivity index (χ0n) is 10.9. The van der Waals surface area contributed by atoms with Crippen molar-refractivity contribution >= 4 is 11.6 Å². The van der Waals surface area contributed by atoms with Crippen LogP contribution in [0.15, 0.2) is 36.9 Å². The minimum atomic E-state index is -0.265. The van der Waals surface area contributed by atoms with Crippen molar-refractivity contribution in [3.05, 3.63) is 53.6 Å². The molecular formula is C15H13N3O2. The lowest BCUT2D eigenvalue weighted by molar-refractivity contribution is 0.102. The fourth-order valence-electron chi connectivity index (χ4n) is 1.64. The van der Waals surface area contributed by atoms with Gasteiger partial charge >= 0.3 is 0 Å². The van der Waals surface area contributed by atoms with Crippen molar-refractivity contribution in [3.63, 3.8) is 0 Å². The summed E-state index contributed by atoms with van der Waals surface area (Å²) in [6, 6.07) is 5.38. The maximum Gasteiger partial charge on any atom is 0.258 e. The van der Waals surface area contributed by atoms with Gasteiger partial charge in [-0.15, -0.1) is 0 Å². The maximum atomic E-state index is 11.9. The first kappa shape index (κ1) is 13.7. The standard InChI is InChI=1S/C15H13N3O2/c1-11-7-14(5-4-12(11)3-2-6-19)18-15(20)13-8-16-10-17-9-13/h4-5,7-10,19H,6H2,1H3,(H,18,20). The summed E-state index contributed by atoms with van der Waals surface area (Å²) in [5, 5.41) is 11.4. The molecule has 2 N–H and O–H groups in total. The molecule has 5 heteroatoms. The number of carbonyl (C=O) groups is 1. The Bertz CT molecular complexity index is 673. The number of aliphatic hydroxyl groups is 1. The van der Waals surface area contributed by atoms with Crippen LogP contribution in [0, 0.1) is 18.8 Å². The zero-order chi connectivity index (χ0) is 14.4. The minimum absolute atomic E-state index is 0.175. The number of hydrogen-bond donors (Lipinski definition) is 2. The number of aliphatic hydroxyl groups excluding tert-OH is 1. The van der Waals surface area contributed by atoms with Gasteiger partial charge in [0, 0.05) is 23.6 Å². The first-order valence-electron chi connectivity index (χ1n) is 5.97. The summed E-state index contributed by atoms with van der Waals surface area (Å²) in [6.07, 6.45) is 4.28. The molecule has 20 heavy (non-hydrogen) atoms. The lowest BCUT2D eigenvalue weighted by atomic mass is 10.1. The Morgan fingerprint density at radius 3 is 2.75 bits per heavy atom. The third-order valence-corrected chi connectivity index (χ3v) is 2.61. The van der Waals surface area contributed by atoms with Crippen LogP contribution in [0.5, 0.6) is 0 Å². The van der Waals surface area contributed by atoms with E-state index in [2.05, 4.69) is 27.1 Å². The van der Waals surface area contributed by atoms with Gasteiger partial charge in [0.2, 0.25) is 0 Å². The van der Waals surface area contributed by atoms with Crippen LogP contribution in [0.2, 0.25) is 0 Å². The molecule has 1 aromatic carbocycles. The predicted molar refractivity (Wildman–Crippen MR) is 75.1 cm³/mol. The monoisotopic (exact) mass is 267 g/mol. The highest BCUT2D eigenvalue weighted by Crippen LogP contribution is 2.15. The summed E-state index contributed by atoms with van der Waals surface area (Å²) in [4.78, 5) is 19.5. The van der Waals surface area contributed by atoms with Gasteiger partial charge in [0.25, 0.3) is 5.91 Å². The fraction of sp³-hybridized carbons (Fsp3) is 0.133. The Labute approximate surface area is 116 Å². The van der Waals surface area contributed by atoms with E-state index < -0.39 is 0 Å². The van der Waals surface area contributed by atoms with Crippen LogP contribution in [0.4, 0.5) is 5.69 Å². The van der Waals surface area contributed by atoms with E-state index >= 15 is 0 Å². The van der Waals surface area contributed by atoms with Crippen LogP contribution in [-0.2, 0) is 0 Å². The highest BCUT2D eigenvalue weighted by molar-refractivity contribution is 6.03.